The number of Topliss-reactive ketones (excluding diaryl/α,β-unsaturated/α-hetero) is 1. The lowest BCUT2D eigenvalue weighted by Crippen LogP contribution is -2.34. The van der Waals surface area contributed by atoms with Gasteiger partial charge >= 0.3 is 0 Å². The van der Waals surface area contributed by atoms with Crippen LogP contribution in [0.5, 0.6) is 0 Å². The lowest BCUT2D eigenvalue weighted by atomic mass is 10.1. The summed E-state index contributed by atoms with van der Waals surface area (Å²) in [6.45, 7) is 2.73. The first-order valence-corrected chi connectivity index (χ1v) is 8.99. The molecule has 1 aliphatic heterocycles. The Kier molecular flexibility index (Phi) is 5.20. The number of anilines is 2. The Morgan fingerprint density at radius 2 is 1.88 bits per heavy atom. The Morgan fingerprint density at radius 1 is 1.12 bits per heavy atom. The van der Waals surface area contributed by atoms with Crippen molar-refractivity contribution in [2.24, 2.45) is 0 Å². The first kappa shape index (κ1) is 16.6. The Labute approximate surface area is 146 Å². The molecule has 0 fully saturated rings. The van der Waals surface area contributed by atoms with Gasteiger partial charge in [0, 0.05) is 22.7 Å². The van der Waals surface area contributed by atoms with Gasteiger partial charge < -0.3 is 10.2 Å². The Bertz CT molecular complexity index is 743. The first-order chi connectivity index (χ1) is 11.6. The van der Waals surface area contributed by atoms with Crippen molar-refractivity contribution < 1.29 is 9.59 Å². The summed E-state index contributed by atoms with van der Waals surface area (Å²) in [6.07, 6.45) is 1.06. The minimum absolute atomic E-state index is 0.0200. The third-order valence-electron chi connectivity index (χ3n) is 3.95. The van der Waals surface area contributed by atoms with E-state index >= 15 is 0 Å². The van der Waals surface area contributed by atoms with Crippen molar-refractivity contribution >= 4 is 34.8 Å². The lowest BCUT2D eigenvalue weighted by Gasteiger charge is -2.23. The van der Waals surface area contributed by atoms with Crippen molar-refractivity contribution in [3.8, 4) is 0 Å². The molecular formula is C19H20N2O2S. The summed E-state index contributed by atoms with van der Waals surface area (Å²) >= 11 is 1.84. The summed E-state index contributed by atoms with van der Waals surface area (Å²) in [4.78, 5) is 27.1. The smallest absolute Gasteiger partial charge is 0.243 e. The molecule has 1 amide bonds. The number of nitrogens with zero attached hydrogens (tertiary/aromatic N) is 1. The molecular weight excluding hydrogens is 320 g/mol. The molecule has 2 aromatic rings. The molecule has 0 aromatic heterocycles. The molecule has 4 nitrogen and oxygen atoms in total. The topological polar surface area (TPSA) is 49.4 Å². The fourth-order valence-electron chi connectivity index (χ4n) is 2.72. The molecule has 0 saturated carbocycles. The standard InChI is InChI=1S/C19H20N2O2S/c1-14(22)15-7-9-16(10-8-15)20-19(23)13-21-11-4-12-24-18-6-3-2-5-17(18)21/h2-3,5-10H,4,11-13H2,1H3,(H,20,23). The van der Waals surface area contributed by atoms with Crippen LogP contribution >= 0.6 is 11.8 Å². The van der Waals surface area contributed by atoms with E-state index in [1.54, 1.807) is 24.3 Å². The average molecular weight is 340 g/mol. The van der Waals surface area contributed by atoms with Crippen LogP contribution in [-0.2, 0) is 4.79 Å². The fourth-order valence-corrected chi connectivity index (χ4v) is 3.74. The SMILES string of the molecule is CC(=O)c1ccc(NC(=O)CN2CCCSc3ccccc32)cc1. The van der Waals surface area contributed by atoms with Gasteiger partial charge in [-0.1, -0.05) is 12.1 Å². The van der Waals surface area contributed by atoms with Gasteiger partial charge in [0.15, 0.2) is 5.78 Å². The number of benzene rings is 2. The molecule has 0 bridgehead atoms. The highest BCUT2D eigenvalue weighted by atomic mass is 32.2. The monoisotopic (exact) mass is 340 g/mol. The highest BCUT2D eigenvalue weighted by Crippen LogP contribution is 2.33. The third kappa shape index (κ3) is 3.97. The molecule has 0 saturated heterocycles. The largest absolute Gasteiger partial charge is 0.361 e. The number of carbonyl (C=O) groups is 2. The molecule has 0 spiro atoms. The van der Waals surface area contributed by atoms with Crippen LogP contribution in [0.15, 0.2) is 53.4 Å². The van der Waals surface area contributed by atoms with E-state index in [0.29, 0.717) is 17.8 Å². The van der Waals surface area contributed by atoms with Crippen molar-refractivity contribution in [1.82, 2.24) is 0 Å². The summed E-state index contributed by atoms with van der Waals surface area (Å²) < 4.78 is 0. The van der Waals surface area contributed by atoms with Gasteiger partial charge in [0.2, 0.25) is 5.91 Å². The van der Waals surface area contributed by atoms with Gasteiger partial charge in [-0.25, -0.2) is 0 Å². The number of amides is 1. The third-order valence-corrected chi connectivity index (χ3v) is 5.09. The molecule has 0 unspecified atom stereocenters. The number of carbonyl (C=O) groups excluding carboxylic acids is 2. The number of ketones is 1. The van der Waals surface area contributed by atoms with Gasteiger partial charge in [-0.3, -0.25) is 9.59 Å². The number of nitrogens with one attached hydrogen (secondary N) is 1. The van der Waals surface area contributed by atoms with Gasteiger partial charge in [0.1, 0.15) is 0 Å². The maximum Gasteiger partial charge on any atom is 0.243 e. The second-order valence-electron chi connectivity index (χ2n) is 5.77. The van der Waals surface area contributed by atoms with Crippen molar-refractivity contribution in [3.05, 3.63) is 54.1 Å². The molecule has 3 rings (SSSR count). The highest BCUT2D eigenvalue weighted by molar-refractivity contribution is 7.99. The zero-order valence-corrected chi connectivity index (χ0v) is 14.4. The summed E-state index contributed by atoms with van der Waals surface area (Å²) in [5.41, 5.74) is 2.48. The number of rotatable bonds is 4. The Balaban J connectivity index is 1.67. The maximum atomic E-state index is 12.4. The molecule has 1 aliphatic rings. The van der Waals surface area contributed by atoms with E-state index in [9.17, 15) is 9.59 Å². The van der Waals surface area contributed by atoms with E-state index in [-0.39, 0.29) is 11.7 Å². The van der Waals surface area contributed by atoms with Gasteiger partial charge in [-0.2, -0.15) is 0 Å². The fraction of sp³-hybridized carbons (Fsp3) is 0.263. The van der Waals surface area contributed by atoms with Crippen LogP contribution in [0.2, 0.25) is 0 Å². The van der Waals surface area contributed by atoms with Crippen LogP contribution in [0.4, 0.5) is 11.4 Å². The van der Waals surface area contributed by atoms with E-state index < -0.39 is 0 Å². The number of fused-ring (bicyclic) bond motifs is 1. The molecule has 1 heterocycles. The number of hydrogen-bond donors (Lipinski definition) is 1. The predicted molar refractivity (Wildman–Crippen MR) is 99.1 cm³/mol. The molecule has 124 valence electrons. The van der Waals surface area contributed by atoms with Gasteiger partial charge in [0.05, 0.1) is 12.2 Å². The van der Waals surface area contributed by atoms with E-state index in [4.69, 9.17) is 0 Å². The van der Waals surface area contributed by atoms with E-state index in [0.717, 1.165) is 24.4 Å². The minimum Gasteiger partial charge on any atom is -0.361 e. The van der Waals surface area contributed by atoms with Crippen molar-refractivity contribution in [3.63, 3.8) is 0 Å². The molecule has 2 aromatic carbocycles. The van der Waals surface area contributed by atoms with Crippen LogP contribution in [0, 0.1) is 0 Å². The van der Waals surface area contributed by atoms with E-state index in [2.05, 4.69) is 22.3 Å². The van der Waals surface area contributed by atoms with Crippen molar-refractivity contribution in [2.45, 2.75) is 18.2 Å². The van der Waals surface area contributed by atoms with Crippen LogP contribution in [0.1, 0.15) is 23.7 Å². The van der Waals surface area contributed by atoms with Crippen LogP contribution in [-0.4, -0.2) is 30.5 Å². The second-order valence-corrected chi connectivity index (χ2v) is 6.91. The first-order valence-electron chi connectivity index (χ1n) is 8.01. The van der Waals surface area contributed by atoms with Crippen LogP contribution < -0.4 is 10.2 Å². The summed E-state index contributed by atoms with van der Waals surface area (Å²) in [7, 11) is 0. The molecule has 5 heteroatoms. The normalized spacial score (nSPS) is 13.8. The van der Waals surface area contributed by atoms with Crippen molar-refractivity contribution in [2.75, 3.05) is 29.1 Å². The van der Waals surface area contributed by atoms with E-state index in [1.165, 1.54) is 11.8 Å². The summed E-state index contributed by atoms with van der Waals surface area (Å²) in [5, 5.41) is 2.91. The number of hydrogen-bond acceptors (Lipinski definition) is 4. The van der Waals surface area contributed by atoms with Gasteiger partial charge in [-0.15, -0.1) is 11.8 Å². The minimum atomic E-state index is -0.0488. The van der Waals surface area contributed by atoms with Crippen LogP contribution in [0.3, 0.4) is 0 Å². The molecule has 0 radical (unpaired) electrons. The van der Waals surface area contributed by atoms with E-state index in [1.807, 2.05) is 23.9 Å². The predicted octanol–water partition coefficient (Wildman–Crippen LogP) is 3.83. The van der Waals surface area contributed by atoms with Crippen molar-refractivity contribution in [1.29, 1.82) is 0 Å². The molecule has 0 atom stereocenters. The second kappa shape index (κ2) is 7.53. The zero-order valence-electron chi connectivity index (χ0n) is 13.6. The van der Waals surface area contributed by atoms with Crippen LogP contribution in [0.25, 0.3) is 0 Å². The molecule has 1 N–H and O–H groups in total. The zero-order chi connectivity index (χ0) is 16.9. The number of para-hydroxylation sites is 1. The Hall–Kier alpha value is -2.27. The van der Waals surface area contributed by atoms with Gasteiger partial charge in [-0.05, 0) is 55.5 Å². The summed E-state index contributed by atoms with van der Waals surface area (Å²) in [5.74, 6) is 1.04. The molecule has 0 aliphatic carbocycles. The summed E-state index contributed by atoms with van der Waals surface area (Å²) in [6, 6.07) is 15.2. The number of thioether (sulfide) groups is 1. The quantitative estimate of drug-likeness (QED) is 0.860. The lowest BCUT2D eigenvalue weighted by molar-refractivity contribution is -0.115. The van der Waals surface area contributed by atoms with Gasteiger partial charge in [0.25, 0.3) is 0 Å². The maximum absolute atomic E-state index is 12.4. The Morgan fingerprint density at radius 3 is 2.62 bits per heavy atom. The highest BCUT2D eigenvalue weighted by Gasteiger charge is 2.17. The average Bonchev–Trinajstić information content (AvgIpc) is 2.78. The molecule has 24 heavy (non-hydrogen) atoms.